The van der Waals surface area contributed by atoms with E-state index in [9.17, 15) is 14.4 Å². The minimum atomic E-state index is -0.444. The van der Waals surface area contributed by atoms with Crippen LogP contribution in [-0.2, 0) is 33.7 Å². The van der Waals surface area contributed by atoms with Gasteiger partial charge < -0.3 is 14.8 Å². The second-order valence-electron chi connectivity index (χ2n) is 7.71. The SMILES string of the molecule is CCOC(=O)c1sc(NC(=O)CSc2nc(=O)n(CC3CCCO3)c3c2CCC3)nc1C. The Hall–Kier alpha value is -2.24. The van der Waals surface area contributed by atoms with Crippen molar-refractivity contribution in [2.45, 2.75) is 63.6 Å². The van der Waals surface area contributed by atoms with Gasteiger partial charge in [0.25, 0.3) is 0 Å². The van der Waals surface area contributed by atoms with E-state index in [1.54, 1.807) is 18.4 Å². The van der Waals surface area contributed by atoms with Crippen molar-refractivity contribution in [1.29, 1.82) is 0 Å². The summed E-state index contributed by atoms with van der Waals surface area (Å²) in [5.74, 6) is -0.612. The molecule has 172 valence electrons. The highest BCUT2D eigenvalue weighted by Gasteiger charge is 2.25. The van der Waals surface area contributed by atoms with Crippen LogP contribution in [0.5, 0.6) is 0 Å². The number of thioether (sulfide) groups is 1. The number of nitrogens with one attached hydrogen (secondary N) is 1. The smallest absolute Gasteiger partial charge is 0.350 e. The van der Waals surface area contributed by atoms with Gasteiger partial charge in [-0.3, -0.25) is 9.36 Å². The van der Waals surface area contributed by atoms with E-state index in [0.717, 1.165) is 61.3 Å². The van der Waals surface area contributed by atoms with E-state index in [4.69, 9.17) is 9.47 Å². The normalized spacial score (nSPS) is 17.4. The molecule has 0 aromatic carbocycles. The van der Waals surface area contributed by atoms with E-state index >= 15 is 0 Å². The number of aryl methyl sites for hydroxylation is 1. The molecule has 3 heterocycles. The summed E-state index contributed by atoms with van der Waals surface area (Å²) in [6, 6.07) is 0. The molecule has 1 aliphatic heterocycles. The molecule has 0 radical (unpaired) electrons. The predicted molar refractivity (Wildman–Crippen MR) is 122 cm³/mol. The Labute approximate surface area is 193 Å². The molecule has 0 spiro atoms. The number of amides is 1. The molecule has 1 aliphatic carbocycles. The van der Waals surface area contributed by atoms with Gasteiger partial charge in [-0.1, -0.05) is 23.1 Å². The molecular weight excluding hydrogens is 452 g/mol. The molecule has 2 aromatic heterocycles. The highest BCUT2D eigenvalue weighted by atomic mass is 32.2. The zero-order valence-corrected chi connectivity index (χ0v) is 19.8. The first-order chi connectivity index (χ1) is 15.5. The lowest BCUT2D eigenvalue weighted by Gasteiger charge is -2.17. The number of anilines is 1. The van der Waals surface area contributed by atoms with Crippen LogP contribution in [0.4, 0.5) is 5.13 Å². The first kappa shape index (κ1) is 22.9. The molecule has 1 amide bonds. The van der Waals surface area contributed by atoms with Crippen LogP contribution >= 0.6 is 23.1 Å². The Morgan fingerprint density at radius 3 is 2.91 bits per heavy atom. The Kier molecular flexibility index (Phi) is 7.27. The number of rotatable bonds is 8. The van der Waals surface area contributed by atoms with Gasteiger partial charge >= 0.3 is 11.7 Å². The van der Waals surface area contributed by atoms with E-state index in [-0.39, 0.29) is 30.1 Å². The molecule has 1 unspecified atom stereocenters. The molecule has 4 rings (SSSR count). The number of fused-ring (bicyclic) bond motifs is 1. The molecule has 1 fully saturated rings. The summed E-state index contributed by atoms with van der Waals surface area (Å²) in [5, 5.41) is 3.70. The molecule has 11 heteroatoms. The third-order valence-corrected chi connectivity index (χ3v) is 7.53. The molecule has 2 aromatic rings. The number of thiazole rings is 1. The van der Waals surface area contributed by atoms with E-state index < -0.39 is 5.97 Å². The number of hydrogen-bond acceptors (Lipinski definition) is 9. The van der Waals surface area contributed by atoms with Gasteiger partial charge in [-0.05, 0) is 46.0 Å². The maximum Gasteiger partial charge on any atom is 0.350 e. The topological polar surface area (TPSA) is 112 Å². The number of ether oxygens (including phenoxy) is 2. The van der Waals surface area contributed by atoms with Gasteiger partial charge in [0.1, 0.15) is 9.90 Å². The molecule has 32 heavy (non-hydrogen) atoms. The van der Waals surface area contributed by atoms with Crippen molar-refractivity contribution in [1.82, 2.24) is 14.5 Å². The largest absolute Gasteiger partial charge is 0.462 e. The van der Waals surface area contributed by atoms with Gasteiger partial charge in [-0.25, -0.2) is 14.6 Å². The summed E-state index contributed by atoms with van der Waals surface area (Å²) in [6.07, 6.45) is 4.73. The van der Waals surface area contributed by atoms with Crippen LogP contribution in [0, 0.1) is 6.92 Å². The second-order valence-corrected chi connectivity index (χ2v) is 9.68. The summed E-state index contributed by atoms with van der Waals surface area (Å²) in [4.78, 5) is 46.0. The summed E-state index contributed by atoms with van der Waals surface area (Å²) in [7, 11) is 0. The monoisotopic (exact) mass is 478 g/mol. The summed E-state index contributed by atoms with van der Waals surface area (Å²) >= 11 is 2.35. The zero-order chi connectivity index (χ0) is 22.7. The predicted octanol–water partition coefficient (Wildman–Crippen LogP) is 2.58. The lowest BCUT2D eigenvalue weighted by atomic mass is 10.2. The van der Waals surface area contributed by atoms with Crippen molar-refractivity contribution in [3.8, 4) is 0 Å². The van der Waals surface area contributed by atoms with Crippen LogP contribution in [0.3, 0.4) is 0 Å². The van der Waals surface area contributed by atoms with Crippen LogP contribution in [0.25, 0.3) is 0 Å². The van der Waals surface area contributed by atoms with E-state index in [1.165, 1.54) is 11.8 Å². The third kappa shape index (κ3) is 5.05. The zero-order valence-electron chi connectivity index (χ0n) is 18.1. The number of esters is 1. The van der Waals surface area contributed by atoms with Gasteiger partial charge in [0.2, 0.25) is 5.91 Å². The van der Waals surface area contributed by atoms with Gasteiger partial charge in [0.15, 0.2) is 5.13 Å². The molecule has 2 aliphatic rings. The molecule has 9 nitrogen and oxygen atoms in total. The molecule has 0 saturated carbocycles. The quantitative estimate of drug-likeness (QED) is 0.350. The maximum atomic E-state index is 12.7. The lowest BCUT2D eigenvalue weighted by molar-refractivity contribution is -0.113. The number of aromatic nitrogens is 3. The van der Waals surface area contributed by atoms with Crippen LogP contribution in [-0.4, -0.2) is 51.5 Å². The van der Waals surface area contributed by atoms with Crippen molar-refractivity contribution in [2.75, 3.05) is 24.3 Å². The lowest BCUT2D eigenvalue weighted by Crippen LogP contribution is -2.31. The van der Waals surface area contributed by atoms with Crippen LogP contribution in [0.2, 0.25) is 0 Å². The van der Waals surface area contributed by atoms with E-state index in [2.05, 4.69) is 15.3 Å². The third-order valence-electron chi connectivity index (χ3n) is 5.45. The number of hydrogen-bond donors (Lipinski definition) is 1. The van der Waals surface area contributed by atoms with Crippen molar-refractivity contribution >= 4 is 40.1 Å². The molecule has 0 bridgehead atoms. The first-order valence-corrected chi connectivity index (χ1v) is 12.6. The first-order valence-electron chi connectivity index (χ1n) is 10.8. The standard InChI is InChI=1S/C21H26N4O5S2/c1-3-29-19(27)17-12(2)22-20(32-17)23-16(26)11-31-18-14-7-4-8-15(14)25(21(28)24-18)10-13-6-5-9-30-13/h13H,3-11H2,1-2H3,(H,22,23,26). The Morgan fingerprint density at radius 2 is 2.16 bits per heavy atom. The fourth-order valence-corrected chi connectivity index (χ4v) is 5.76. The Morgan fingerprint density at radius 1 is 1.31 bits per heavy atom. The molecule has 1 N–H and O–H groups in total. The van der Waals surface area contributed by atoms with Crippen molar-refractivity contribution < 1.29 is 19.1 Å². The molecule has 1 saturated heterocycles. The van der Waals surface area contributed by atoms with Gasteiger partial charge in [-0.2, -0.15) is 4.98 Å². The number of carbonyl (C=O) groups is 2. The Balaban J connectivity index is 1.42. The van der Waals surface area contributed by atoms with Crippen LogP contribution in [0.15, 0.2) is 9.82 Å². The van der Waals surface area contributed by atoms with Gasteiger partial charge in [-0.15, -0.1) is 0 Å². The minimum absolute atomic E-state index is 0.0738. The van der Waals surface area contributed by atoms with E-state index in [1.807, 2.05) is 0 Å². The highest BCUT2D eigenvalue weighted by molar-refractivity contribution is 8.00. The maximum absolute atomic E-state index is 12.7. The number of carbonyl (C=O) groups excluding carboxylic acids is 2. The fourth-order valence-electron chi connectivity index (χ4n) is 4.01. The summed E-state index contributed by atoms with van der Waals surface area (Å²) in [6.45, 7) is 5.01. The Bertz CT molecular complexity index is 1070. The minimum Gasteiger partial charge on any atom is -0.462 e. The van der Waals surface area contributed by atoms with Crippen molar-refractivity contribution in [2.24, 2.45) is 0 Å². The van der Waals surface area contributed by atoms with Crippen LogP contribution in [0.1, 0.15) is 52.8 Å². The fraction of sp³-hybridized carbons (Fsp3) is 0.571. The van der Waals surface area contributed by atoms with Crippen molar-refractivity contribution in [3.05, 3.63) is 32.3 Å². The average molecular weight is 479 g/mol. The molecular formula is C21H26N4O5S2. The van der Waals surface area contributed by atoms with Gasteiger partial charge in [0.05, 0.1) is 30.7 Å². The average Bonchev–Trinajstić information content (AvgIpc) is 3.50. The molecule has 1 atom stereocenters. The van der Waals surface area contributed by atoms with E-state index in [0.29, 0.717) is 27.3 Å². The highest BCUT2D eigenvalue weighted by Crippen LogP contribution is 2.30. The van der Waals surface area contributed by atoms with Gasteiger partial charge in [0, 0.05) is 17.9 Å². The second kappa shape index (κ2) is 10.1. The van der Waals surface area contributed by atoms with Crippen molar-refractivity contribution in [3.63, 3.8) is 0 Å². The summed E-state index contributed by atoms with van der Waals surface area (Å²) in [5.41, 5.74) is 2.33. The summed E-state index contributed by atoms with van der Waals surface area (Å²) < 4.78 is 12.5. The number of nitrogens with zero attached hydrogens (tertiary/aromatic N) is 3. The van der Waals surface area contributed by atoms with Crippen LogP contribution < -0.4 is 11.0 Å².